The number of rotatable bonds is 6. The van der Waals surface area contributed by atoms with E-state index in [1.165, 1.54) is 38.1 Å². The third-order valence-electron chi connectivity index (χ3n) is 2.97. The van der Waals surface area contributed by atoms with Crippen LogP contribution in [0.25, 0.3) is 0 Å². The molecule has 1 aromatic carbocycles. The molecule has 0 aliphatic rings. The first-order chi connectivity index (χ1) is 11.3. The zero-order valence-corrected chi connectivity index (χ0v) is 16.4. The third-order valence-corrected chi connectivity index (χ3v) is 4.78. The lowest BCUT2D eigenvalue weighted by Gasteiger charge is -2.24. The van der Waals surface area contributed by atoms with Crippen LogP contribution in [0.1, 0.15) is 34.6 Å². The standard InChI is InChI=1S/C16H23ClN2O5S/c1-10(15(21)24-11(2)14(20)18-16(3,4)5)19-25(22,23)13-8-6-12(17)7-9-13/h6-11,19H,1-5H3,(H,18,20). The van der Waals surface area contributed by atoms with Crippen LogP contribution in [0.3, 0.4) is 0 Å². The van der Waals surface area contributed by atoms with Crippen LogP contribution in [0.4, 0.5) is 0 Å². The van der Waals surface area contributed by atoms with E-state index in [1.54, 1.807) is 20.8 Å². The largest absolute Gasteiger partial charge is 0.451 e. The maximum Gasteiger partial charge on any atom is 0.324 e. The molecule has 0 aromatic heterocycles. The lowest BCUT2D eigenvalue weighted by Crippen LogP contribution is -2.48. The van der Waals surface area contributed by atoms with Gasteiger partial charge < -0.3 is 10.1 Å². The third kappa shape index (κ3) is 7.01. The van der Waals surface area contributed by atoms with Crippen LogP contribution < -0.4 is 10.0 Å². The first-order valence-electron chi connectivity index (χ1n) is 7.62. The zero-order chi connectivity index (χ0) is 19.4. The number of sulfonamides is 1. The minimum atomic E-state index is -3.92. The molecule has 0 radical (unpaired) electrons. The minimum absolute atomic E-state index is 0.0323. The molecule has 1 rings (SSSR count). The predicted octanol–water partition coefficient (Wildman–Crippen LogP) is 1.85. The molecule has 0 saturated carbocycles. The molecule has 2 unspecified atom stereocenters. The number of hydrogen-bond acceptors (Lipinski definition) is 5. The molecule has 9 heteroatoms. The molecule has 0 aliphatic carbocycles. The van der Waals surface area contributed by atoms with Crippen molar-refractivity contribution in [3.8, 4) is 0 Å². The Morgan fingerprint density at radius 3 is 2.12 bits per heavy atom. The topological polar surface area (TPSA) is 102 Å². The molecule has 0 fully saturated rings. The minimum Gasteiger partial charge on any atom is -0.451 e. The summed E-state index contributed by atoms with van der Waals surface area (Å²) in [4.78, 5) is 23.9. The summed E-state index contributed by atoms with van der Waals surface area (Å²) < 4.78 is 31.7. The van der Waals surface area contributed by atoms with Gasteiger partial charge in [-0.25, -0.2) is 8.42 Å². The molecule has 1 aromatic rings. The first-order valence-corrected chi connectivity index (χ1v) is 9.48. The van der Waals surface area contributed by atoms with Crippen LogP contribution >= 0.6 is 11.6 Å². The first kappa shape index (κ1) is 21.4. The maximum atomic E-state index is 12.2. The highest BCUT2D eigenvalue weighted by Crippen LogP contribution is 2.14. The van der Waals surface area contributed by atoms with Crippen LogP contribution in [-0.4, -0.2) is 38.0 Å². The quantitative estimate of drug-likeness (QED) is 0.722. The number of ether oxygens (including phenoxy) is 1. The Labute approximate surface area is 153 Å². The summed E-state index contributed by atoms with van der Waals surface area (Å²) in [5.41, 5.74) is -0.473. The van der Waals surface area contributed by atoms with Crippen molar-refractivity contribution in [3.05, 3.63) is 29.3 Å². The summed E-state index contributed by atoms with van der Waals surface area (Å²) >= 11 is 5.72. The number of halogens is 1. The molecule has 140 valence electrons. The highest BCUT2D eigenvalue weighted by atomic mass is 35.5. The molecule has 0 bridgehead atoms. The highest BCUT2D eigenvalue weighted by Gasteiger charge is 2.27. The molecule has 2 N–H and O–H groups in total. The number of benzene rings is 1. The molecule has 0 heterocycles. The van der Waals surface area contributed by atoms with Crippen molar-refractivity contribution < 1.29 is 22.7 Å². The number of hydrogen-bond donors (Lipinski definition) is 2. The zero-order valence-electron chi connectivity index (χ0n) is 14.8. The summed E-state index contributed by atoms with van der Waals surface area (Å²) in [5, 5.41) is 3.07. The van der Waals surface area contributed by atoms with Gasteiger partial charge >= 0.3 is 5.97 Å². The summed E-state index contributed by atoms with van der Waals surface area (Å²) in [6.45, 7) is 8.14. The van der Waals surface area contributed by atoms with Gasteiger partial charge in [-0.2, -0.15) is 4.72 Å². The van der Waals surface area contributed by atoms with Gasteiger partial charge in [0.15, 0.2) is 6.10 Å². The van der Waals surface area contributed by atoms with Gasteiger partial charge in [0.25, 0.3) is 5.91 Å². The van der Waals surface area contributed by atoms with Crippen LogP contribution in [-0.2, 0) is 24.3 Å². The lowest BCUT2D eigenvalue weighted by molar-refractivity contribution is -0.156. The Bertz CT molecular complexity index is 726. The summed E-state index contributed by atoms with van der Waals surface area (Å²) in [5.74, 6) is -1.32. The van der Waals surface area contributed by atoms with Gasteiger partial charge in [0.2, 0.25) is 10.0 Å². The Kier molecular flexibility index (Phi) is 6.99. The normalized spacial score (nSPS) is 14.5. The number of carbonyl (C=O) groups excluding carboxylic acids is 2. The van der Waals surface area contributed by atoms with Crippen molar-refractivity contribution in [1.82, 2.24) is 10.0 Å². The number of esters is 1. The Morgan fingerprint density at radius 2 is 1.64 bits per heavy atom. The van der Waals surface area contributed by atoms with E-state index < -0.39 is 39.6 Å². The van der Waals surface area contributed by atoms with Crippen molar-refractivity contribution in [2.45, 2.75) is 57.2 Å². The van der Waals surface area contributed by atoms with E-state index in [-0.39, 0.29) is 4.90 Å². The second-order valence-corrected chi connectivity index (χ2v) is 8.77. The van der Waals surface area contributed by atoms with E-state index in [2.05, 4.69) is 10.0 Å². The van der Waals surface area contributed by atoms with Crippen LogP contribution in [0.15, 0.2) is 29.2 Å². The van der Waals surface area contributed by atoms with Gasteiger partial charge in [0.1, 0.15) is 6.04 Å². The molecule has 1 amide bonds. The van der Waals surface area contributed by atoms with Gasteiger partial charge in [-0.3, -0.25) is 9.59 Å². The molecule has 0 saturated heterocycles. The summed E-state index contributed by atoms with van der Waals surface area (Å²) in [6, 6.07) is 4.34. The van der Waals surface area contributed by atoms with Gasteiger partial charge in [0.05, 0.1) is 4.90 Å². The Balaban J connectivity index is 2.70. The molecular formula is C16H23ClN2O5S. The molecule has 7 nitrogen and oxygen atoms in total. The van der Waals surface area contributed by atoms with E-state index >= 15 is 0 Å². The highest BCUT2D eigenvalue weighted by molar-refractivity contribution is 7.89. The van der Waals surface area contributed by atoms with Crippen molar-refractivity contribution in [3.63, 3.8) is 0 Å². The number of nitrogens with one attached hydrogen (secondary N) is 2. The second kappa shape index (κ2) is 8.16. The van der Waals surface area contributed by atoms with Crippen molar-refractivity contribution in [2.24, 2.45) is 0 Å². The van der Waals surface area contributed by atoms with Crippen molar-refractivity contribution in [1.29, 1.82) is 0 Å². The van der Waals surface area contributed by atoms with E-state index in [9.17, 15) is 18.0 Å². The fourth-order valence-corrected chi connectivity index (χ4v) is 3.08. The van der Waals surface area contributed by atoms with E-state index in [0.717, 1.165) is 0 Å². The van der Waals surface area contributed by atoms with E-state index in [1.807, 2.05) is 0 Å². The van der Waals surface area contributed by atoms with Crippen LogP contribution in [0, 0.1) is 0 Å². The summed E-state index contributed by atoms with van der Waals surface area (Å²) in [6.07, 6.45) is -1.05. The van der Waals surface area contributed by atoms with Gasteiger partial charge in [-0.05, 0) is 58.9 Å². The summed E-state index contributed by atoms with van der Waals surface area (Å²) in [7, 11) is -3.92. The molecule has 2 atom stereocenters. The van der Waals surface area contributed by atoms with Crippen LogP contribution in [0.5, 0.6) is 0 Å². The SMILES string of the molecule is CC(NS(=O)(=O)c1ccc(Cl)cc1)C(=O)OC(C)C(=O)NC(C)(C)C. The fourth-order valence-electron chi connectivity index (χ4n) is 1.76. The molecule has 25 heavy (non-hydrogen) atoms. The van der Waals surface area contributed by atoms with E-state index in [4.69, 9.17) is 16.3 Å². The van der Waals surface area contributed by atoms with Gasteiger partial charge in [0, 0.05) is 10.6 Å². The Morgan fingerprint density at radius 1 is 1.12 bits per heavy atom. The smallest absolute Gasteiger partial charge is 0.324 e. The average molecular weight is 391 g/mol. The lowest BCUT2D eigenvalue weighted by atomic mass is 10.1. The average Bonchev–Trinajstić information content (AvgIpc) is 2.45. The van der Waals surface area contributed by atoms with Gasteiger partial charge in [-0.15, -0.1) is 0 Å². The fraction of sp³-hybridized carbons (Fsp3) is 0.500. The second-order valence-electron chi connectivity index (χ2n) is 6.62. The Hall–Kier alpha value is -1.64. The van der Waals surface area contributed by atoms with E-state index in [0.29, 0.717) is 5.02 Å². The number of carbonyl (C=O) groups is 2. The molecular weight excluding hydrogens is 368 g/mol. The van der Waals surface area contributed by atoms with Crippen LogP contribution in [0.2, 0.25) is 5.02 Å². The van der Waals surface area contributed by atoms with Crippen molar-refractivity contribution >= 4 is 33.5 Å². The maximum absolute atomic E-state index is 12.2. The predicted molar refractivity (Wildman–Crippen MR) is 94.7 cm³/mol. The number of amides is 1. The molecule has 0 aliphatic heterocycles. The van der Waals surface area contributed by atoms with Crippen molar-refractivity contribution in [2.75, 3.05) is 0 Å². The monoisotopic (exact) mass is 390 g/mol. The van der Waals surface area contributed by atoms with Gasteiger partial charge in [-0.1, -0.05) is 11.6 Å². The molecule has 0 spiro atoms.